The first-order valence-electron chi connectivity index (χ1n) is 10.7. The van der Waals surface area contributed by atoms with Crippen LogP contribution in [0.25, 0.3) is 0 Å². The molecule has 2 aliphatic rings. The summed E-state index contributed by atoms with van der Waals surface area (Å²) in [6.45, 7) is 8.53. The van der Waals surface area contributed by atoms with Crippen LogP contribution in [-0.2, 0) is 10.2 Å². The van der Waals surface area contributed by atoms with Gasteiger partial charge in [0.15, 0.2) is 17.5 Å². The molecule has 0 amide bonds. The fraction of sp³-hybridized carbons (Fsp3) is 0.522. The SMILES string of the molecule is CCNC(=NCC1(c2ccc3c(c2)OCO3)CCOCC1)NCC(C)c1ccsc1. The number of fused-ring (bicyclic) bond motifs is 1. The van der Waals surface area contributed by atoms with E-state index < -0.39 is 0 Å². The molecule has 1 fully saturated rings. The third-order valence-electron chi connectivity index (χ3n) is 6.01. The van der Waals surface area contributed by atoms with Crippen molar-refractivity contribution in [2.75, 3.05) is 39.6 Å². The maximum absolute atomic E-state index is 5.68. The van der Waals surface area contributed by atoms with Gasteiger partial charge >= 0.3 is 0 Å². The summed E-state index contributed by atoms with van der Waals surface area (Å²) >= 11 is 1.74. The van der Waals surface area contributed by atoms with Crippen LogP contribution in [0.15, 0.2) is 40.0 Å². The van der Waals surface area contributed by atoms with Crippen LogP contribution in [0.1, 0.15) is 43.7 Å². The summed E-state index contributed by atoms with van der Waals surface area (Å²) in [5, 5.41) is 11.3. The third-order valence-corrected chi connectivity index (χ3v) is 6.71. The topological polar surface area (TPSA) is 64.1 Å². The molecule has 30 heavy (non-hydrogen) atoms. The van der Waals surface area contributed by atoms with Gasteiger partial charge in [0.1, 0.15) is 0 Å². The second-order valence-electron chi connectivity index (χ2n) is 7.99. The van der Waals surface area contributed by atoms with Gasteiger partial charge in [-0.1, -0.05) is 13.0 Å². The quantitative estimate of drug-likeness (QED) is 0.517. The minimum atomic E-state index is -0.0550. The van der Waals surface area contributed by atoms with Gasteiger partial charge in [-0.15, -0.1) is 0 Å². The lowest BCUT2D eigenvalue weighted by atomic mass is 9.74. The molecule has 1 saturated heterocycles. The summed E-state index contributed by atoms with van der Waals surface area (Å²) in [4.78, 5) is 5.00. The fourth-order valence-electron chi connectivity index (χ4n) is 4.02. The summed E-state index contributed by atoms with van der Waals surface area (Å²) in [6, 6.07) is 8.50. The van der Waals surface area contributed by atoms with Crippen LogP contribution in [0.5, 0.6) is 11.5 Å². The number of hydrogen-bond acceptors (Lipinski definition) is 5. The van der Waals surface area contributed by atoms with Crippen LogP contribution in [-0.4, -0.2) is 45.6 Å². The van der Waals surface area contributed by atoms with E-state index in [0.29, 0.717) is 19.3 Å². The Labute approximate surface area is 182 Å². The highest BCUT2D eigenvalue weighted by Gasteiger charge is 2.35. The molecule has 2 aromatic rings. The lowest BCUT2D eigenvalue weighted by molar-refractivity contribution is 0.0530. The summed E-state index contributed by atoms with van der Waals surface area (Å²) < 4.78 is 16.8. The van der Waals surface area contributed by atoms with E-state index in [4.69, 9.17) is 19.2 Å². The first-order chi connectivity index (χ1) is 14.7. The number of ether oxygens (including phenoxy) is 3. The predicted molar refractivity (Wildman–Crippen MR) is 121 cm³/mol. The molecule has 1 aromatic carbocycles. The molecule has 1 aromatic heterocycles. The molecule has 0 spiro atoms. The first-order valence-corrected chi connectivity index (χ1v) is 11.7. The van der Waals surface area contributed by atoms with Crippen molar-refractivity contribution < 1.29 is 14.2 Å². The molecule has 4 rings (SSSR count). The van der Waals surface area contributed by atoms with E-state index in [9.17, 15) is 0 Å². The zero-order valence-corrected chi connectivity index (χ0v) is 18.6. The molecule has 162 valence electrons. The van der Waals surface area contributed by atoms with Gasteiger partial charge in [-0.2, -0.15) is 11.3 Å². The molecule has 1 atom stereocenters. The molecule has 2 N–H and O–H groups in total. The second-order valence-corrected chi connectivity index (χ2v) is 8.77. The van der Waals surface area contributed by atoms with Gasteiger partial charge in [-0.3, -0.25) is 4.99 Å². The molecular weight excluding hydrogens is 398 g/mol. The van der Waals surface area contributed by atoms with E-state index >= 15 is 0 Å². The maximum Gasteiger partial charge on any atom is 0.231 e. The summed E-state index contributed by atoms with van der Waals surface area (Å²) in [5.74, 6) is 2.95. The third kappa shape index (κ3) is 4.73. The largest absolute Gasteiger partial charge is 0.454 e. The molecular formula is C23H31N3O3S. The highest BCUT2D eigenvalue weighted by molar-refractivity contribution is 7.07. The Kier molecular flexibility index (Phi) is 6.79. The normalized spacial score (nSPS) is 18.8. The molecule has 0 aliphatic carbocycles. The Balaban J connectivity index is 1.50. The number of thiophene rings is 1. The fourth-order valence-corrected chi connectivity index (χ4v) is 4.80. The van der Waals surface area contributed by atoms with Crippen molar-refractivity contribution in [2.24, 2.45) is 4.99 Å². The van der Waals surface area contributed by atoms with Gasteiger partial charge in [0.05, 0.1) is 6.54 Å². The average molecular weight is 430 g/mol. The Hall–Kier alpha value is -2.25. The molecule has 7 heteroatoms. The number of guanidine groups is 1. The Morgan fingerprint density at radius 1 is 1.17 bits per heavy atom. The van der Waals surface area contributed by atoms with E-state index in [2.05, 4.69) is 53.4 Å². The second kappa shape index (κ2) is 9.71. The van der Waals surface area contributed by atoms with Crippen molar-refractivity contribution >= 4 is 17.3 Å². The van der Waals surface area contributed by atoms with Crippen molar-refractivity contribution in [3.63, 3.8) is 0 Å². The van der Waals surface area contributed by atoms with Crippen LogP contribution in [0.2, 0.25) is 0 Å². The number of aliphatic imine (C=N–C) groups is 1. The van der Waals surface area contributed by atoms with E-state index in [0.717, 1.165) is 56.6 Å². The molecule has 0 saturated carbocycles. The van der Waals surface area contributed by atoms with Crippen LogP contribution in [0.3, 0.4) is 0 Å². The van der Waals surface area contributed by atoms with Crippen LogP contribution >= 0.6 is 11.3 Å². The monoisotopic (exact) mass is 429 g/mol. The van der Waals surface area contributed by atoms with E-state index in [-0.39, 0.29) is 5.41 Å². The standard InChI is InChI=1S/C23H31N3O3S/c1-3-24-22(25-13-17(2)18-6-11-30-14-18)26-15-23(7-9-27-10-8-23)19-4-5-20-21(12-19)29-16-28-20/h4-6,11-12,14,17H,3,7-10,13,15-16H2,1-2H3,(H2,24,25,26). The summed E-state index contributed by atoms with van der Waals surface area (Å²) in [7, 11) is 0. The molecule has 2 aliphatic heterocycles. The minimum absolute atomic E-state index is 0.0550. The molecule has 3 heterocycles. The van der Waals surface area contributed by atoms with E-state index in [1.165, 1.54) is 11.1 Å². The number of hydrogen-bond donors (Lipinski definition) is 2. The zero-order chi connectivity index (χ0) is 20.8. The lowest BCUT2D eigenvalue weighted by Crippen LogP contribution is -2.42. The Morgan fingerprint density at radius 2 is 2.00 bits per heavy atom. The van der Waals surface area contributed by atoms with Gasteiger partial charge in [-0.25, -0.2) is 0 Å². The lowest BCUT2D eigenvalue weighted by Gasteiger charge is -2.36. The van der Waals surface area contributed by atoms with Crippen molar-refractivity contribution in [1.29, 1.82) is 0 Å². The van der Waals surface area contributed by atoms with E-state index in [1.807, 2.05) is 6.07 Å². The minimum Gasteiger partial charge on any atom is -0.454 e. The van der Waals surface area contributed by atoms with Crippen molar-refractivity contribution in [3.05, 3.63) is 46.2 Å². The smallest absolute Gasteiger partial charge is 0.231 e. The summed E-state index contributed by atoms with van der Waals surface area (Å²) in [6.07, 6.45) is 1.89. The van der Waals surface area contributed by atoms with Gasteiger partial charge in [0.2, 0.25) is 6.79 Å². The number of benzene rings is 1. The van der Waals surface area contributed by atoms with E-state index in [1.54, 1.807) is 11.3 Å². The van der Waals surface area contributed by atoms with Gasteiger partial charge in [0, 0.05) is 31.7 Å². The van der Waals surface area contributed by atoms with Crippen molar-refractivity contribution in [2.45, 2.75) is 38.0 Å². The maximum atomic E-state index is 5.68. The molecule has 6 nitrogen and oxygen atoms in total. The molecule has 0 radical (unpaired) electrons. The molecule has 1 unspecified atom stereocenters. The molecule has 0 bridgehead atoms. The van der Waals surface area contributed by atoms with Crippen LogP contribution in [0, 0.1) is 0 Å². The Morgan fingerprint density at radius 3 is 2.77 bits per heavy atom. The number of nitrogens with zero attached hydrogens (tertiary/aromatic N) is 1. The van der Waals surface area contributed by atoms with Crippen molar-refractivity contribution in [3.8, 4) is 11.5 Å². The average Bonchev–Trinajstić information content (AvgIpc) is 3.47. The summed E-state index contributed by atoms with van der Waals surface area (Å²) in [5.41, 5.74) is 2.56. The number of rotatable bonds is 7. The highest BCUT2D eigenvalue weighted by atomic mass is 32.1. The van der Waals surface area contributed by atoms with Gasteiger partial charge < -0.3 is 24.8 Å². The predicted octanol–water partition coefficient (Wildman–Crippen LogP) is 3.88. The van der Waals surface area contributed by atoms with Crippen molar-refractivity contribution in [1.82, 2.24) is 10.6 Å². The zero-order valence-electron chi connectivity index (χ0n) is 17.8. The van der Waals surface area contributed by atoms with Gasteiger partial charge in [-0.05, 0) is 65.8 Å². The number of nitrogens with one attached hydrogen (secondary N) is 2. The first kappa shape index (κ1) is 21.0. The van der Waals surface area contributed by atoms with Crippen LogP contribution in [0.4, 0.5) is 0 Å². The highest BCUT2D eigenvalue weighted by Crippen LogP contribution is 2.41. The Bertz CT molecular complexity index is 847. The van der Waals surface area contributed by atoms with Gasteiger partial charge in [0.25, 0.3) is 0 Å². The van der Waals surface area contributed by atoms with Crippen LogP contribution < -0.4 is 20.1 Å².